The first-order valence-electron chi connectivity index (χ1n) is 14.3. The topological polar surface area (TPSA) is 12.4 Å². The van der Waals surface area contributed by atoms with E-state index in [4.69, 9.17) is 4.99 Å². The molecule has 196 valence electrons. The predicted octanol–water partition coefficient (Wildman–Crippen LogP) is 11.4. The van der Waals surface area contributed by atoms with E-state index < -0.39 is 0 Å². The summed E-state index contributed by atoms with van der Waals surface area (Å²) >= 11 is -0.197. The van der Waals surface area contributed by atoms with Gasteiger partial charge in [-0.15, -0.1) is 0 Å². The highest BCUT2D eigenvalue weighted by Crippen LogP contribution is 2.43. The highest BCUT2D eigenvalue weighted by atomic mass is 127. The lowest BCUT2D eigenvalue weighted by Gasteiger charge is -2.15. The van der Waals surface area contributed by atoms with E-state index in [2.05, 4.69) is 137 Å². The Morgan fingerprint density at radius 2 is 0.810 bits per heavy atom. The van der Waals surface area contributed by atoms with Crippen LogP contribution in [0.4, 0.5) is 5.69 Å². The molecule has 1 aliphatic heterocycles. The van der Waals surface area contributed by atoms with Crippen molar-refractivity contribution in [3.05, 3.63) is 137 Å². The molecule has 0 atom stereocenters. The Morgan fingerprint density at radius 3 is 1.43 bits per heavy atom. The van der Waals surface area contributed by atoms with Crippen molar-refractivity contribution in [1.82, 2.24) is 0 Å². The molecule has 0 fully saturated rings. The lowest BCUT2D eigenvalue weighted by atomic mass is 9.91. The summed E-state index contributed by atoms with van der Waals surface area (Å²) in [5, 5.41) is 13.0. The summed E-state index contributed by atoms with van der Waals surface area (Å²) in [6.45, 7) is 0. The van der Waals surface area contributed by atoms with Gasteiger partial charge in [-0.05, 0) is 92.9 Å². The first-order chi connectivity index (χ1) is 20.8. The monoisotopic (exact) mass is 645 g/mol. The fourth-order valence-electron chi connectivity index (χ4n) is 6.71. The van der Waals surface area contributed by atoms with Gasteiger partial charge in [-0.25, -0.2) is 0 Å². The van der Waals surface area contributed by atoms with Gasteiger partial charge in [0.2, 0.25) is 0 Å². The Balaban J connectivity index is 1.22. The molecule has 42 heavy (non-hydrogen) atoms. The van der Waals surface area contributed by atoms with Crippen LogP contribution in [0.2, 0.25) is 0 Å². The van der Waals surface area contributed by atoms with E-state index >= 15 is 0 Å². The summed E-state index contributed by atoms with van der Waals surface area (Å²) < 4.78 is 3.70. The van der Waals surface area contributed by atoms with Crippen molar-refractivity contribution in [3.8, 4) is 22.3 Å². The van der Waals surface area contributed by atoms with Gasteiger partial charge in [-0.2, -0.15) is 0 Å². The van der Waals surface area contributed by atoms with Crippen LogP contribution in [0, 0.1) is 3.57 Å². The molecule has 2 heteroatoms. The SMILES string of the molecule is C1=Nc2c(c3ccccc3c3ccc(-c4cccc(-c5ccc6c7ccccc7c7ccccc7c6c5)c4)cc23)I=C1. The zero-order chi connectivity index (χ0) is 27.6. The van der Waals surface area contributed by atoms with Gasteiger partial charge in [-0.3, -0.25) is 4.99 Å². The van der Waals surface area contributed by atoms with Crippen molar-refractivity contribution in [2.75, 3.05) is 0 Å². The second kappa shape index (κ2) is 9.43. The molecule has 0 unspecified atom stereocenters. The van der Waals surface area contributed by atoms with E-state index in [9.17, 15) is 0 Å². The van der Waals surface area contributed by atoms with E-state index in [1.54, 1.807) is 0 Å². The summed E-state index contributed by atoms with van der Waals surface area (Å²) in [6, 6.07) is 49.2. The van der Waals surface area contributed by atoms with Crippen LogP contribution in [0.1, 0.15) is 0 Å². The average molecular weight is 646 g/mol. The minimum Gasteiger partial charge on any atom is -0.255 e. The summed E-state index contributed by atoms with van der Waals surface area (Å²) in [6.07, 6.45) is 2.00. The third-order valence-corrected chi connectivity index (χ3v) is 11.0. The molecule has 1 heterocycles. The number of fused-ring (bicyclic) bond motifs is 12. The zero-order valence-corrected chi connectivity index (χ0v) is 24.8. The van der Waals surface area contributed by atoms with Gasteiger partial charge in [0.05, 0.1) is 5.69 Å². The van der Waals surface area contributed by atoms with Crippen LogP contribution in [0.3, 0.4) is 0 Å². The van der Waals surface area contributed by atoms with Gasteiger partial charge in [0, 0.05) is 15.2 Å². The van der Waals surface area contributed by atoms with Crippen molar-refractivity contribution in [2.24, 2.45) is 4.99 Å². The number of halogens is 1. The van der Waals surface area contributed by atoms with Crippen molar-refractivity contribution in [3.63, 3.8) is 0 Å². The lowest BCUT2D eigenvalue weighted by Crippen LogP contribution is -1.90. The molecular weight excluding hydrogens is 621 g/mol. The second-order valence-corrected chi connectivity index (χ2v) is 13.3. The first kappa shape index (κ1) is 24.0. The summed E-state index contributed by atoms with van der Waals surface area (Å²) in [4.78, 5) is 4.89. The van der Waals surface area contributed by atoms with Crippen LogP contribution in [0.5, 0.6) is 0 Å². The van der Waals surface area contributed by atoms with E-state index in [-0.39, 0.29) is 20.7 Å². The van der Waals surface area contributed by atoms with Crippen LogP contribution in [-0.2, 0) is 0 Å². The summed E-state index contributed by atoms with van der Waals surface area (Å²) in [5.74, 6) is 0. The Hall–Kier alpha value is -4.67. The molecule has 0 radical (unpaired) electrons. The molecule has 0 aromatic heterocycles. The molecule has 1 nitrogen and oxygen atoms in total. The standard InChI is InChI=1S/C40H24IN/c1-2-12-31-29(10-1)30-11-3-4-14-33(30)37-23-27(16-18-34(31)37)25-8-7-9-26(22-25)28-17-19-35-32-13-5-6-15-36(32)39-40(38(35)24-28)42-21-20-41-39/h1-24H. The van der Waals surface area contributed by atoms with Crippen LogP contribution >= 0.6 is 20.7 Å². The Bertz CT molecular complexity index is 2430. The maximum atomic E-state index is 4.89. The third-order valence-electron chi connectivity index (χ3n) is 8.64. The molecule has 0 aliphatic carbocycles. The van der Waals surface area contributed by atoms with Gasteiger partial charge >= 0.3 is 0 Å². The molecule has 0 saturated carbocycles. The Kier molecular flexibility index (Phi) is 5.39. The minimum atomic E-state index is -0.197. The lowest BCUT2D eigenvalue weighted by molar-refractivity contribution is 1.57. The van der Waals surface area contributed by atoms with Crippen molar-refractivity contribution in [1.29, 1.82) is 0 Å². The number of rotatable bonds is 2. The fourth-order valence-corrected chi connectivity index (χ4v) is 8.92. The summed E-state index contributed by atoms with van der Waals surface area (Å²) in [5.41, 5.74) is 6.07. The van der Waals surface area contributed by atoms with Crippen molar-refractivity contribution >= 4 is 90.5 Å². The number of hydrogen-bond donors (Lipinski definition) is 0. The van der Waals surface area contributed by atoms with Crippen LogP contribution < -0.4 is 0 Å². The number of nitrogens with zero attached hydrogens (tertiary/aromatic N) is 1. The van der Waals surface area contributed by atoms with Crippen LogP contribution in [0.15, 0.2) is 138 Å². The van der Waals surface area contributed by atoms with Gasteiger partial charge in [0.25, 0.3) is 0 Å². The largest absolute Gasteiger partial charge is 0.255 e. The van der Waals surface area contributed by atoms with E-state index in [1.165, 1.54) is 79.7 Å². The molecule has 0 bridgehead atoms. The van der Waals surface area contributed by atoms with E-state index in [0.29, 0.717) is 0 Å². The minimum absolute atomic E-state index is 0.197. The molecule has 0 N–H and O–H groups in total. The zero-order valence-electron chi connectivity index (χ0n) is 22.7. The smallest absolute Gasteiger partial charge is 0.0844 e. The normalized spacial score (nSPS) is 12.8. The van der Waals surface area contributed by atoms with Gasteiger partial charge in [-0.1, -0.05) is 136 Å². The maximum Gasteiger partial charge on any atom is 0.0844 e. The van der Waals surface area contributed by atoms with Gasteiger partial charge in [0.1, 0.15) is 0 Å². The highest BCUT2D eigenvalue weighted by molar-refractivity contribution is 14.2. The first-order valence-corrected chi connectivity index (χ1v) is 16.6. The predicted molar refractivity (Wildman–Crippen MR) is 192 cm³/mol. The number of aliphatic imine (C=N–C) groups is 1. The number of benzene rings is 8. The summed E-state index contributed by atoms with van der Waals surface area (Å²) in [7, 11) is 0. The molecule has 1 aliphatic rings. The molecule has 0 amide bonds. The van der Waals surface area contributed by atoms with Crippen molar-refractivity contribution < 1.29 is 0 Å². The molecule has 8 aromatic carbocycles. The molecular formula is C40H24IN. The fraction of sp³-hybridized carbons (Fsp3) is 0. The van der Waals surface area contributed by atoms with Crippen LogP contribution in [0.25, 0.3) is 76.1 Å². The average Bonchev–Trinajstić information content (AvgIpc) is 3.08. The van der Waals surface area contributed by atoms with E-state index in [1.807, 2.05) is 6.21 Å². The van der Waals surface area contributed by atoms with Crippen LogP contribution in [-0.4, -0.2) is 10.2 Å². The molecule has 8 aromatic rings. The molecule has 9 rings (SSSR count). The van der Waals surface area contributed by atoms with Gasteiger partial charge < -0.3 is 0 Å². The second-order valence-electron chi connectivity index (χ2n) is 10.9. The van der Waals surface area contributed by atoms with Gasteiger partial charge in [0.15, 0.2) is 0 Å². The third kappa shape index (κ3) is 3.61. The van der Waals surface area contributed by atoms with E-state index in [0.717, 1.165) is 5.69 Å². The molecule has 0 saturated heterocycles. The number of hydrogen-bond acceptors (Lipinski definition) is 1. The maximum absolute atomic E-state index is 4.89. The molecule has 0 spiro atoms. The Labute approximate surface area is 253 Å². The highest BCUT2D eigenvalue weighted by Gasteiger charge is 2.15. The van der Waals surface area contributed by atoms with Crippen molar-refractivity contribution in [2.45, 2.75) is 0 Å². The Morgan fingerprint density at radius 1 is 0.357 bits per heavy atom. The quantitative estimate of drug-likeness (QED) is 0.131.